The van der Waals surface area contributed by atoms with Gasteiger partial charge in [0.2, 0.25) is 0 Å². The number of aromatic nitrogens is 4. The second-order valence-electron chi connectivity index (χ2n) is 4.13. The van der Waals surface area contributed by atoms with Crippen molar-refractivity contribution in [3.8, 4) is 0 Å². The lowest BCUT2D eigenvalue weighted by Crippen LogP contribution is -2.39. The summed E-state index contributed by atoms with van der Waals surface area (Å²) in [6.45, 7) is 0.128. The summed E-state index contributed by atoms with van der Waals surface area (Å²) in [6, 6.07) is 0. The van der Waals surface area contributed by atoms with E-state index in [4.69, 9.17) is 0 Å². The largest absolute Gasteiger partial charge is 0.395 e. The van der Waals surface area contributed by atoms with Crippen molar-refractivity contribution in [3.05, 3.63) is 18.3 Å². The summed E-state index contributed by atoms with van der Waals surface area (Å²) < 4.78 is 0. The van der Waals surface area contributed by atoms with Crippen LogP contribution in [0, 0.1) is 0 Å². The van der Waals surface area contributed by atoms with E-state index in [-0.39, 0.29) is 12.0 Å². The number of imidazole rings is 1. The maximum absolute atomic E-state index is 9.40. The maximum atomic E-state index is 9.40. The highest BCUT2D eigenvalue weighted by atomic mass is 16.3. The second kappa shape index (κ2) is 3.00. The Hall–Kier alpha value is -1.49. The molecule has 15 heavy (non-hydrogen) atoms. The molecule has 5 nitrogen and oxygen atoms in total. The van der Waals surface area contributed by atoms with E-state index in [2.05, 4.69) is 19.9 Å². The van der Waals surface area contributed by atoms with Gasteiger partial charge in [-0.1, -0.05) is 6.42 Å². The fourth-order valence-corrected chi connectivity index (χ4v) is 2.05. The molecule has 2 aromatic rings. The summed E-state index contributed by atoms with van der Waals surface area (Å²) in [4.78, 5) is 15.7. The zero-order valence-electron chi connectivity index (χ0n) is 8.27. The van der Waals surface area contributed by atoms with Crippen molar-refractivity contribution in [1.82, 2.24) is 19.9 Å². The molecular weight excluding hydrogens is 192 g/mol. The van der Waals surface area contributed by atoms with E-state index >= 15 is 0 Å². The fourth-order valence-electron chi connectivity index (χ4n) is 2.05. The molecule has 0 aromatic carbocycles. The first-order chi connectivity index (χ1) is 7.34. The molecule has 0 aliphatic heterocycles. The van der Waals surface area contributed by atoms with Gasteiger partial charge in [-0.2, -0.15) is 0 Å². The minimum atomic E-state index is -0.201. The molecule has 1 aliphatic carbocycles. The molecule has 3 rings (SSSR count). The standard InChI is InChI=1S/C10H12N4O/c15-5-10(2-1-3-10)9-11-4-7-8(14-9)13-6-12-7/h4,6,15H,1-3,5H2,(H,11,12,13,14). The van der Waals surface area contributed by atoms with Crippen LogP contribution < -0.4 is 0 Å². The van der Waals surface area contributed by atoms with Gasteiger partial charge in [0.05, 0.1) is 24.5 Å². The molecule has 1 saturated carbocycles. The number of hydrogen-bond acceptors (Lipinski definition) is 4. The number of rotatable bonds is 2. The van der Waals surface area contributed by atoms with Gasteiger partial charge < -0.3 is 10.1 Å². The quantitative estimate of drug-likeness (QED) is 0.757. The van der Waals surface area contributed by atoms with E-state index in [0.717, 1.165) is 30.6 Å². The van der Waals surface area contributed by atoms with Crippen LogP contribution in [0.1, 0.15) is 25.1 Å². The van der Waals surface area contributed by atoms with E-state index in [9.17, 15) is 5.11 Å². The van der Waals surface area contributed by atoms with Crippen molar-refractivity contribution in [2.45, 2.75) is 24.7 Å². The molecule has 1 aliphatic rings. The van der Waals surface area contributed by atoms with Gasteiger partial charge in [0.1, 0.15) is 11.3 Å². The third kappa shape index (κ3) is 1.16. The molecular formula is C10H12N4O. The molecule has 0 spiro atoms. The van der Waals surface area contributed by atoms with Crippen molar-refractivity contribution >= 4 is 11.2 Å². The third-order valence-corrected chi connectivity index (χ3v) is 3.26. The zero-order chi connectivity index (χ0) is 10.3. The number of aliphatic hydroxyl groups excluding tert-OH is 1. The smallest absolute Gasteiger partial charge is 0.180 e. The first-order valence-corrected chi connectivity index (χ1v) is 5.12. The Morgan fingerprint density at radius 3 is 2.93 bits per heavy atom. The van der Waals surface area contributed by atoms with Gasteiger partial charge in [0, 0.05) is 0 Å². The first-order valence-electron chi connectivity index (χ1n) is 5.12. The lowest BCUT2D eigenvalue weighted by molar-refractivity contribution is 0.112. The van der Waals surface area contributed by atoms with Gasteiger partial charge in [-0.15, -0.1) is 0 Å². The molecule has 0 atom stereocenters. The van der Waals surface area contributed by atoms with Crippen molar-refractivity contribution in [2.24, 2.45) is 0 Å². The molecule has 2 aromatic heterocycles. The predicted octanol–water partition coefficient (Wildman–Crippen LogP) is 0.767. The number of fused-ring (bicyclic) bond motifs is 1. The van der Waals surface area contributed by atoms with E-state index < -0.39 is 0 Å². The van der Waals surface area contributed by atoms with Crippen LogP contribution in [0.3, 0.4) is 0 Å². The lowest BCUT2D eigenvalue weighted by Gasteiger charge is -2.38. The number of aromatic amines is 1. The number of nitrogens with zero attached hydrogens (tertiary/aromatic N) is 3. The second-order valence-corrected chi connectivity index (χ2v) is 4.13. The van der Waals surface area contributed by atoms with Crippen LogP contribution in [0.2, 0.25) is 0 Å². The average Bonchev–Trinajstić information content (AvgIpc) is 2.64. The van der Waals surface area contributed by atoms with Crippen LogP contribution in [0.4, 0.5) is 0 Å². The summed E-state index contributed by atoms with van der Waals surface area (Å²) in [6.07, 6.45) is 6.43. The number of nitrogens with one attached hydrogen (secondary N) is 1. The highest BCUT2D eigenvalue weighted by Gasteiger charge is 2.40. The number of aliphatic hydroxyl groups is 1. The minimum Gasteiger partial charge on any atom is -0.395 e. The average molecular weight is 204 g/mol. The molecule has 0 saturated heterocycles. The van der Waals surface area contributed by atoms with Gasteiger partial charge in [-0.25, -0.2) is 15.0 Å². The molecule has 2 N–H and O–H groups in total. The van der Waals surface area contributed by atoms with Crippen LogP contribution in [0.25, 0.3) is 11.2 Å². The Morgan fingerprint density at radius 1 is 1.40 bits per heavy atom. The van der Waals surface area contributed by atoms with Crippen molar-refractivity contribution in [1.29, 1.82) is 0 Å². The Labute approximate surface area is 86.6 Å². The normalized spacial score (nSPS) is 19.0. The topological polar surface area (TPSA) is 74.7 Å². The Kier molecular flexibility index (Phi) is 1.76. The molecule has 0 amide bonds. The highest BCUT2D eigenvalue weighted by Crippen LogP contribution is 2.41. The highest BCUT2D eigenvalue weighted by molar-refractivity contribution is 5.68. The zero-order valence-corrected chi connectivity index (χ0v) is 8.27. The monoisotopic (exact) mass is 204 g/mol. The van der Waals surface area contributed by atoms with Crippen molar-refractivity contribution < 1.29 is 5.11 Å². The Morgan fingerprint density at radius 2 is 2.27 bits per heavy atom. The van der Waals surface area contributed by atoms with E-state index in [1.807, 2.05) is 0 Å². The van der Waals surface area contributed by atoms with Gasteiger partial charge in [0.25, 0.3) is 0 Å². The molecule has 2 heterocycles. The van der Waals surface area contributed by atoms with Crippen LogP contribution in [0.5, 0.6) is 0 Å². The number of H-pyrrole nitrogens is 1. The van der Waals surface area contributed by atoms with Gasteiger partial charge in [0.15, 0.2) is 5.65 Å². The first kappa shape index (κ1) is 8.79. The Bertz CT molecular complexity index is 483. The van der Waals surface area contributed by atoms with Gasteiger partial charge in [-0.05, 0) is 12.8 Å². The van der Waals surface area contributed by atoms with E-state index in [0.29, 0.717) is 5.65 Å². The fraction of sp³-hybridized carbons (Fsp3) is 0.500. The molecule has 1 fully saturated rings. The van der Waals surface area contributed by atoms with Crippen LogP contribution in [0.15, 0.2) is 12.5 Å². The Balaban J connectivity index is 2.10. The van der Waals surface area contributed by atoms with Gasteiger partial charge >= 0.3 is 0 Å². The van der Waals surface area contributed by atoms with Crippen molar-refractivity contribution in [2.75, 3.05) is 6.61 Å². The summed E-state index contributed by atoms with van der Waals surface area (Å²) in [5.74, 6) is 0.732. The van der Waals surface area contributed by atoms with E-state index in [1.165, 1.54) is 0 Å². The maximum Gasteiger partial charge on any atom is 0.180 e. The van der Waals surface area contributed by atoms with Crippen LogP contribution in [-0.2, 0) is 5.41 Å². The molecule has 0 radical (unpaired) electrons. The predicted molar refractivity (Wildman–Crippen MR) is 54.3 cm³/mol. The molecule has 0 bridgehead atoms. The summed E-state index contributed by atoms with van der Waals surface area (Å²) in [5, 5.41) is 9.40. The molecule has 5 heteroatoms. The van der Waals surface area contributed by atoms with Gasteiger partial charge in [-0.3, -0.25) is 0 Å². The van der Waals surface area contributed by atoms with Crippen LogP contribution in [-0.4, -0.2) is 31.6 Å². The van der Waals surface area contributed by atoms with E-state index in [1.54, 1.807) is 12.5 Å². The summed E-state index contributed by atoms with van der Waals surface area (Å²) in [5.41, 5.74) is 1.32. The summed E-state index contributed by atoms with van der Waals surface area (Å²) >= 11 is 0. The SMILES string of the molecule is OCC1(c2ncc3[nH]cnc3n2)CCC1. The lowest BCUT2D eigenvalue weighted by atomic mass is 9.69. The molecule has 0 unspecified atom stereocenters. The minimum absolute atomic E-state index is 0.128. The third-order valence-electron chi connectivity index (χ3n) is 3.26. The van der Waals surface area contributed by atoms with Crippen LogP contribution >= 0.6 is 0 Å². The summed E-state index contributed by atoms with van der Waals surface area (Å²) in [7, 11) is 0. The molecule has 78 valence electrons. The number of hydrogen-bond donors (Lipinski definition) is 2. The van der Waals surface area contributed by atoms with Crippen molar-refractivity contribution in [3.63, 3.8) is 0 Å².